The number of rotatable bonds is 10. The lowest BCUT2D eigenvalue weighted by Crippen LogP contribution is -2.67. The molecule has 1 unspecified atom stereocenters. The summed E-state index contributed by atoms with van der Waals surface area (Å²) in [5, 5.41) is 4.22. The molecular formula is C39H38FN3O6Si. The van der Waals surface area contributed by atoms with Crippen molar-refractivity contribution in [2.24, 2.45) is 0 Å². The first-order valence-corrected chi connectivity index (χ1v) is 18.3. The van der Waals surface area contributed by atoms with Crippen molar-refractivity contribution in [3.8, 4) is 0 Å². The first kappa shape index (κ1) is 34.6. The summed E-state index contributed by atoms with van der Waals surface area (Å²) in [6.07, 6.45) is -4.66. The fourth-order valence-corrected chi connectivity index (χ4v) is 11.0. The van der Waals surface area contributed by atoms with Crippen molar-refractivity contribution >= 4 is 36.4 Å². The number of alkyl halides is 1. The van der Waals surface area contributed by atoms with Crippen molar-refractivity contribution in [1.29, 1.82) is 0 Å². The highest BCUT2D eigenvalue weighted by molar-refractivity contribution is 6.99. The molecule has 0 spiro atoms. The first-order chi connectivity index (χ1) is 24.1. The molecule has 1 amide bonds. The maximum Gasteiger partial charge on any atom is 0.351 e. The lowest BCUT2D eigenvalue weighted by Gasteiger charge is -2.43. The lowest BCUT2D eigenvalue weighted by atomic mass is 10.1. The van der Waals surface area contributed by atoms with Crippen molar-refractivity contribution in [3.05, 3.63) is 155 Å². The third-order valence-electron chi connectivity index (χ3n) is 8.78. The highest BCUT2D eigenvalue weighted by Crippen LogP contribution is 2.39. The molecule has 1 saturated heterocycles. The summed E-state index contributed by atoms with van der Waals surface area (Å²) in [6, 6.07) is 38.0. The van der Waals surface area contributed by atoms with E-state index in [9.17, 15) is 14.4 Å². The van der Waals surface area contributed by atoms with E-state index in [-0.39, 0.29) is 23.0 Å². The van der Waals surface area contributed by atoms with E-state index in [0.717, 1.165) is 14.9 Å². The van der Waals surface area contributed by atoms with E-state index in [1.54, 1.807) is 60.7 Å². The van der Waals surface area contributed by atoms with E-state index >= 15 is 4.39 Å². The van der Waals surface area contributed by atoms with Gasteiger partial charge in [-0.3, -0.25) is 9.36 Å². The van der Waals surface area contributed by atoms with Gasteiger partial charge in [-0.2, -0.15) is 4.98 Å². The Morgan fingerprint density at radius 3 is 1.86 bits per heavy atom. The summed E-state index contributed by atoms with van der Waals surface area (Å²) >= 11 is 0. The zero-order chi connectivity index (χ0) is 35.3. The minimum Gasteiger partial charge on any atom is -0.453 e. The maximum absolute atomic E-state index is 16.6. The third kappa shape index (κ3) is 7.06. The normalized spacial score (nSPS) is 19.1. The molecule has 0 aliphatic carbocycles. The van der Waals surface area contributed by atoms with Crippen LogP contribution in [0.3, 0.4) is 0 Å². The smallest absolute Gasteiger partial charge is 0.351 e. The molecule has 4 atom stereocenters. The second-order valence-electron chi connectivity index (χ2n) is 13.0. The van der Waals surface area contributed by atoms with Crippen LogP contribution in [0.15, 0.2) is 138 Å². The molecule has 1 aliphatic heterocycles. The van der Waals surface area contributed by atoms with E-state index in [1.165, 1.54) is 12.3 Å². The second kappa shape index (κ2) is 14.7. The van der Waals surface area contributed by atoms with Crippen LogP contribution in [-0.4, -0.2) is 54.7 Å². The Bertz CT molecular complexity index is 1930. The van der Waals surface area contributed by atoms with Gasteiger partial charge in [0.1, 0.15) is 11.9 Å². The van der Waals surface area contributed by atoms with Gasteiger partial charge in [0.15, 0.2) is 18.5 Å². The number of nitrogens with zero attached hydrogens (tertiary/aromatic N) is 2. The minimum absolute atomic E-state index is 0.00729. The molecule has 6 rings (SSSR count). The number of carbonyl (C=O) groups excluding carboxylic acids is 2. The van der Waals surface area contributed by atoms with Gasteiger partial charge in [0.2, 0.25) is 0 Å². The number of esters is 1. The molecule has 1 fully saturated rings. The van der Waals surface area contributed by atoms with Crippen LogP contribution in [0, 0.1) is 0 Å². The standard InChI is InChI=1S/C39H38FN3O6Si/c1-39(2,3)50(29-20-12-6-13-21-29,30-22-14-7-15-23-30)47-26-31-34(49-37(45)28-18-10-5-11-19-28)33(40)36(48-31)43-25-24-32(42-38(43)46)41-35(44)27-16-8-4-9-17-27/h4-25,31,33-34,36H,26H2,1-3H3,(H,41,42,44,46)/t31-,33?,34+,36-/m1/s1. The number of ether oxygens (including phenoxy) is 2. The van der Waals surface area contributed by atoms with Gasteiger partial charge >= 0.3 is 11.7 Å². The number of carbonyl (C=O) groups is 2. The van der Waals surface area contributed by atoms with E-state index < -0.39 is 50.5 Å². The van der Waals surface area contributed by atoms with Crippen LogP contribution in [0.1, 0.15) is 47.7 Å². The van der Waals surface area contributed by atoms with Crippen LogP contribution in [-0.2, 0) is 13.9 Å². The third-order valence-corrected chi connectivity index (χ3v) is 13.8. The molecule has 2 heterocycles. The van der Waals surface area contributed by atoms with Crippen LogP contribution in [0.5, 0.6) is 0 Å². The largest absolute Gasteiger partial charge is 0.453 e. The quantitative estimate of drug-likeness (QED) is 0.152. The molecule has 0 saturated carbocycles. The van der Waals surface area contributed by atoms with E-state index in [0.29, 0.717) is 5.56 Å². The molecule has 9 nitrogen and oxygen atoms in total. The lowest BCUT2D eigenvalue weighted by molar-refractivity contribution is -0.0504. The molecule has 256 valence electrons. The van der Waals surface area contributed by atoms with Crippen LogP contribution >= 0.6 is 0 Å². The minimum atomic E-state index is -3.10. The molecule has 1 N–H and O–H groups in total. The molecule has 1 aliphatic rings. The van der Waals surface area contributed by atoms with Crippen molar-refractivity contribution < 1.29 is 27.9 Å². The molecule has 4 aromatic carbocycles. The highest BCUT2D eigenvalue weighted by Gasteiger charge is 2.54. The summed E-state index contributed by atoms with van der Waals surface area (Å²) in [4.78, 5) is 43.2. The predicted octanol–water partition coefficient (Wildman–Crippen LogP) is 5.53. The summed E-state index contributed by atoms with van der Waals surface area (Å²) in [5.41, 5.74) is -0.231. The first-order valence-electron chi connectivity index (χ1n) is 16.3. The van der Waals surface area contributed by atoms with Gasteiger partial charge in [-0.15, -0.1) is 0 Å². The summed E-state index contributed by atoms with van der Waals surface area (Å²) in [5.74, 6) is -1.20. The Labute approximate surface area is 290 Å². The van der Waals surface area contributed by atoms with Gasteiger partial charge in [0.25, 0.3) is 14.2 Å². The monoisotopic (exact) mass is 691 g/mol. The van der Waals surface area contributed by atoms with Gasteiger partial charge < -0.3 is 19.2 Å². The number of anilines is 1. The van der Waals surface area contributed by atoms with Gasteiger partial charge in [-0.1, -0.05) is 118 Å². The fourth-order valence-electron chi connectivity index (χ4n) is 6.38. The molecule has 0 bridgehead atoms. The Morgan fingerprint density at radius 1 is 0.820 bits per heavy atom. The Hall–Kier alpha value is -5.23. The zero-order valence-corrected chi connectivity index (χ0v) is 28.9. The zero-order valence-electron chi connectivity index (χ0n) is 27.9. The van der Waals surface area contributed by atoms with Crippen LogP contribution < -0.4 is 21.4 Å². The number of benzene rings is 4. The Kier molecular flexibility index (Phi) is 10.2. The fraction of sp³-hybridized carbons (Fsp3) is 0.231. The van der Waals surface area contributed by atoms with Crippen LogP contribution in [0.2, 0.25) is 5.04 Å². The van der Waals surface area contributed by atoms with Crippen molar-refractivity contribution in [2.75, 3.05) is 11.9 Å². The van der Waals surface area contributed by atoms with E-state index in [4.69, 9.17) is 13.9 Å². The SMILES string of the molecule is CC(C)(C)[Si](OC[C@H]1O[C@@H](n2ccc(NC(=O)c3ccccc3)nc2=O)C(F)[C@H]1OC(=O)c1ccccc1)(c1ccccc1)c1ccccc1. The van der Waals surface area contributed by atoms with Crippen molar-refractivity contribution in [1.82, 2.24) is 9.55 Å². The van der Waals surface area contributed by atoms with Gasteiger partial charge in [0, 0.05) is 11.8 Å². The number of hydrogen-bond donors (Lipinski definition) is 1. The van der Waals surface area contributed by atoms with Gasteiger partial charge in [-0.05, 0) is 45.7 Å². The topological polar surface area (TPSA) is 109 Å². The number of amides is 1. The molecule has 1 aromatic heterocycles. The summed E-state index contributed by atoms with van der Waals surface area (Å²) in [7, 11) is -3.10. The maximum atomic E-state index is 16.6. The Balaban J connectivity index is 1.32. The molecule has 0 radical (unpaired) electrons. The van der Waals surface area contributed by atoms with Crippen molar-refractivity contribution in [2.45, 2.75) is 50.4 Å². The van der Waals surface area contributed by atoms with Crippen LogP contribution in [0.25, 0.3) is 0 Å². The van der Waals surface area contributed by atoms with Crippen molar-refractivity contribution in [3.63, 3.8) is 0 Å². The highest BCUT2D eigenvalue weighted by atomic mass is 28.4. The summed E-state index contributed by atoms with van der Waals surface area (Å²) < 4.78 is 36.7. The number of hydrogen-bond acceptors (Lipinski definition) is 7. The van der Waals surface area contributed by atoms with E-state index in [1.807, 2.05) is 60.7 Å². The van der Waals surface area contributed by atoms with E-state index in [2.05, 4.69) is 31.1 Å². The van der Waals surface area contributed by atoms with Crippen LogP contribution in [0.4, 0.5) is 10.2 Å². The number of halogens is 1. The molecule has 50 heavy (non-hydrogen) atoms. The predicted molar refractivity (Wildman–Crippen MR) is 191 cm³/mol. The average Bonchev–Trinajstić information content (AvgIpc) is 3.43. The van der Waals surface area contributed by atoms with Gasteiger partial charge in [-0.25, -0.2) is 14.0 Å². The second-order valence-corrected chi connectivity index (χ2v) is 17.3. The number of nitrogens with one attached hydrogen (secondary N) is 1. The number of aromatic nitrogens is 2. The molecule has 11 heteroatoms. The Morgan fingerprint density at radius 2 is 1.34 bits per heavy atom. The summed E-state index contributed by atoms with van der Waals surface area (Å²) in [6.45, 7) is 6.22. The van der Waals surface area contributed by atoms with Gasteiger partial charge in [0.05, 0.1) is 12.2 Å². The molecule has 5 aromatic rings. The molecular weight excluding hydrogens is 654 g/mol. The average molecular weight is 692 g/mol.